The maximum Gasteiger partial charge on any atom is 0.242 e. The molecule has 0 aliphatic heterocycles. The van der Waals surface area contributed by atoms with Gasteiger partial charge in [-0.15, -0.1) is 0 Å². The molecule has 0 aromatic heterocycles. The van der Waals surface area contributed by atoms with Gasteiger partial charge in [-0.2, -0.15) is 0 Å². The lowest BCUT2D eigenvalue weighted by Gasteiger charge is -2.35. The van der Waals surface area contributed by atoms with Crippen molar-refractivity contribution in [3.05, 3.63) is 29.8 Å². The number of hydrogen-bond acceptors (Lipinski definition) is 3. The topological polar surface area (TPSA) is 66.6 Å². The minimum Gasteiger partial charge on any atom is -0.508 e. The number of phenolic OH excluding ortho intramolecular Hbond substituents is 1. The van der Waals surface area contributed by atoms with Crippen LogP contribution in [0.2, 0.25) is 0 Å². The zero-order chi connectivity index (χ0) is 13.9. The molecule has 0 radical (unpaired) electrons. The predicted octanol–water partition coefficient (Wildman–Crippen LogP) is 2.01. The first-order chi connectivity index (χ1) is 9.03. The molecule has 4 nitrogen and oxygen atoms in total. The monoisotopic (exact) mass is 262 g/mol. The Hall–Kier alpha value is -1.55. The van der Waals surface area contributed by atoms with E-state index in [1.54, 1.807) is 24.1 Å². The standard InChI is InChI=1S/C15H22N2O2/c1-17(11-12-7-3-4-8-13(12)18)14(19)15(16)9-5-2-6-10-15/h3-4,7-8,18H,2,5-6,9-11,16H2,1H3. The molecule has 1 aromatic carbocycles. The van der Waals surface area contributed by atoms with Crippen LogP contribution in [0.15, 0.2) is 24.3 Å². The number of amides is 1. The summed E-state index contributed by atoms with van der Waals surface area (Å²) in [6.45, 7) is 0.393. The molecular formula is C15H22N2O2. The van der Waals surface area contributed by atoms with Gasteiger partial charge in [0.1, 0.15) is 5.75 Å². The van der Waals surface area contributed by atoms with Crippen LogP contribution in [0.3, 0.4) is 0 Å². The highest BCUT2D eigenvalue weighted by molar-refractivity contribution is 5.86. The van der Waals surface area contributed by atoms with Gasteiger partial charge in [0.25, 0.3) is 0 Å². The summed E-state index contributed by atoms with van der Waals surface area (Å²) in [5.41, 5.74) is 6.28. The number of phenols is 1. The predicted molar refractivity (Wildman–Crippen MR) is 74.6 cm³/mol. The molecule has 1 aliphatic rings. The molecule has 4 heteroatoms. The van der Waals surface area contributed by atoms with Gasteiger partial charge >= 0.3 is 0 Å². The number of aromatic hydroxyl groups is 1. The highest BCUT2D eigenvalue weighted by Gasteiger charge is 2.37. The van der Waals surface area contributed by atoms with Gasteiger partial charge in [-0.25, -0.2) is 0 Å². The molecule has 0 atom stereocenters. The van der Waals surface area contributed by atoms with Crippen molar-refractivity contribution in [2.75, 3.05) is 7.05 Å². The van der Waals surface area contributed by atoms with E-state index in [0.29, 0.717) is 6.54 Å². The summed E-state index contributed by atoms with van der Waals surface area (Å²) in [7, 11) is 1.75. The van der Waals surface area contributed by atoms with Crippen molar-refractivity contribution in [2.24, 2.45) is 5.73 Å². The van der Waals surface area contributed by atoms with Gasteiger partial charge in [-0.05, 0) is 18.9 Å². The second-order valence-corrected chi connectivity index (χ2v) is 5.51. The molecular weight excluding hydrogens is 240 g/mol. The smallest absolute Gasteiger partial charge is 0.242 e. The highest BCUT2D eigenvalue weighted by atomic mass is 16.3. The minimum absolute atomic E-state index is 0.0181. The van der Waals surface area contributed by atoms with E-state index in [9.17, 15) is 9.90 Å². The number of carbonyl (C=O) groups is 1. The zero-order valence-electron chi connectivity index (χ0n) is 11.4. The number of carbonyl (C=O) groups excluding carboxylic acids is 1. The lowest BCUT2D eigenvalue weighted by Crippen LogP contribution is -2.55. The van der Waals surface area contributed by atoms with Crippen molar-refractivity contribution in [2.45, 2.75) is 44.2 Å². The van der Waals surface area contributed by atoms with E-state index in [0.717, 1.165) is 37.7 Å². The van der Waals surface area contributed by atoms with E-state index in [-0.39, 0.29) is 11.7 Å². The molecule has 0 saturated heterocycles. The average Bonchev–Trinajstić information content (AvgIpc) is 2.41. The van der Waals surface area contributed by atoms with Gasteiger partial charge in [0.15, 0.2) is 0 Å². The van der Waals surface area contributed by atoms with E-state index < -0.39 is 5.54 Å². The third kappa shape index (κ3) is 3.07. The largest absolute Gasteiger partial charge is 0.508 e. The maximum absolute atomic E-state index is 12.5. The molecule has 0 bridgehead atoms. The second-order valence-electron chi connectivity index (χ2n) is 5.51. The third-order valence-corrected chi connectivity index (χ3v) is 3.92. The van der Waals surface area contributed by atoms with E-state index in [1.165, 1.54) is 0 Å². The van der Waals surface area contributed by atoms with Gasteiger partial charge in [0.05, 0.1) is 5.54 Å². The molecule has 1 aliphatic carbocycles. The van der Waals surface area contributed by atoms with Crippen molar-refractivity contribution in [3.63, 3.8) is 0 Å². The fourth-order valence-corrected chi connectivity index (χ4v) is 2.75. The molecule has 0 spiro atoms. The molecule has 1 amide bonds. The summed E-state index contributed by atoms with van der Waals surface area (Å²) in [5.74, 6) is 0.201. The van der Waals surface area contributed by atoms with Crippen LogP contribution >= 0.6 is 0 Å². The van der Waals surface area contributed by atoms with Gasteiger partial charge in [-0.1, -0.05) is 37.5 Å². The average molecular weight is 262 g/mol. The number of rotatable bonds is 3. The molecule has 19 heavy (non-hydrogen) atoms. The quantitative estimate of drug-likeness (QED) is 0.875. The minimum atomic E-state index is -0.711. The van der Waals surface area contributed by atoms with Gasteiger partial charge in [0.2, 0.25) is 5.91 Å². The van der Waals surface area contributed by atoms with Crippen molar-refractivity contribution < 1.29 is 9.90 Å². The number of benzene rings is 1. The Morgan fingerprint density at radius 2 is 1.95 bits per heavy atom. The summed E-state index contributed by atoms with van der Waals surface area (Å²) in [4.78, 5) is 14.1. The summed E-state index contributed by atoms with van der Waals surface area (Å²) in [6.07, 6.45) is 4.72. The van der Waals surface area contributed by atoms with Crippen LogP contribution in [0.5, 0.6) is 5.75 Å². The molecule has 0 unspecified atom stereocenters. The maximum atomic E-state index is 12.5. The first kappa shape index (κ1) is 13.9. The summed E-state index contributed by atoms with van der Waals surface area (Å²) >= 11 is 0. The molecule has 1 aromatic rings. The number of nitrogens with two attached hydrogens (primary N) is 1. The lowest BCUT2D eigenvalue weighted by molar-refractivity contribution is -0.137. The normalized spacial score (nSPS) is 18.0. The molecule has 0 heterocycles. The van der Waals surface area contributed by atoms with Crippen LogP contribution in [0.1, 0.15) is 37.7 Å². The molecule has 1 saturated carbocycles. The van der Waals surface area contributed by atoms with E-state index in [1.807, 2.05) is 12.1 Å². The van der Waals surface area contributed by atoms with E-state index in [4.69, 9.17) is 5.73 Å². The molecule has 1 fully saturated rings. The van der Waals surface area contributed by atoms with Crippen molar-refractivity contribution in [1.29, 1.82) is 0 Å². The number of para-hydroxylation sites is 1. The Morgan fingerprint density at radius 1 is 1.32 bits per heavy atom. The van der Waals surface area contributed by atoms with Crippen LogP contribution in [0.4, 0.5) is 0 Å². The number of hydrogen-bond donors (Lipinski definition) is 2. The first-order valence-electron chi connectivity index (χ1n) is 6.84. The first-order valence-corrected chi connectivity index (χ1v) is 6.84. The summed E-state index contributed by atoms with van der Waals surface area (Å²) in [5, 5.41) is 9.75. The second kappa shape index (κ2) is 5.61. The fraction of sp³-hybridized carbons (Fsp3) is 0.533. The Kier molecular flexibility index (Phi) is 4.10. The van der Waals surface area contributed by atoms with Crippen LogP contribution < -0.4 is 5.73 Å². The van der Waals surface area contributed by atoms with Crippen molar-refractivity contribution in [3.8, 4) is 5.75 Å². The molecule has 3 N–H and O–H groups in total. The van der Waals surface area contributed by atoms with Crippen LogP contribution in [-0.2, 0) is 11.3 Å². The molecule has 2 rings (SSSR count). The van der Waals surface area contributed by atoms with Crippen LogP contribution in [0.25, 0.3) is 0 Å². The Bertz CT molecular complexity index is 453. The lowest BCUT2D eigenvalue weighted by atomic mass is 9.81. The summed E-state index contributed by atoms with van der Waals surface area (Å²) < 4.78 is 0. The molecule has 104 valence electrons. The highest BCUT2D eigenvalue weighted by Crippen LogP contribution is 2.28. The fourth-order valence-electron chi connectivity index (χ4n) is 2.75. The van der Waals surface area contributed by atoms with Gasteiger partial charge in [-0.3, -0.25) is 4.79 Å². The summed E-state index contributed by atoms with van der Waals surface area (Å²) in [6, 6.07) is 7.08. The van der Waals surface area contributed by atoms with E-state index >= 15 is 0 Å². The van der Waals surface area contributed by atoms with Gasteiger partial charge < -0.3 is 15.7 Å². The third-order valence-electron chi connectivity index (χ3n) is 3.92. The Morgan fingerprint density at radius 3 is 2.58 bits per heavy atom. The van der Waals surface area contributed by atoms with Crippen LogP contribution in [-0.4, -0.2) is 28.5 Å². The number of nitrogens with zero attached hydrogens (tertiary/aromatic N) is 1. The SMILES string of the molecule is CN(Cc1ccccc1O)C(=O)C1(N)CCCCC1. The zero-order valence-corrected chi connectivity index (χ0v) is 11.4. The van der Waals surface area contributed by atoms with Crippen LogP contribution in [0, 0.1) is 0 Å². The Labute approximate surface area is 114 Å². The van der Waals surface area contributed by atoms with E-state index in [2.05, 4.69) is 0 Å². The van der Waals surface area contributed by atoms with Crippen molar-refractivity contribution in [1.82, 2.24) is 4.90 Å². The van der Waals surface area contributed by atoms with Gasteiger partial charge in [0, 0.05) is 19.2 Å². The van der Waals surface area contributed by atoms with Crippen molar-refractivity contribution >= 4 is 5.91 Å². The Balaban J connectivity index is 2.05. The number of likely N-dealkylation sites (N-methyl/N-ethyl adjacent to an activating group) is 1.